The molecule has 0 amide bonds. The summed E-state index contributed by atoms with van der Waals surface area (Å²) in [5.74, 6) is 1.34. The summed E-state index contributed by atoms with van der Waals surface area (Å²) in [5.41, 5.74) is 0.833. The van der Waals surface area contributed by atoms with Crippen LogP contribution in [0.1, 0.15) is 52.5 Å². The predicted molar refractivity (Wildman–Crippen MR) is 105 cm³/mol. The van der Waals surface area contributed by atoms with E-state index in [1.807, 2.05) is 54.6 Å². The SMILES string of the molecule is CCCCC(C(=O)OCc1cccc(Oc2ccccc2)c1)C(C)(C)C. The van der Waals surface area contributed by atoms with Crippen molar-refractivity contribution in [1.29, 1.82) is 0 Å². The van der Waals surface area contributed by atoms with Crippen LogP contribution in [-0.2, 0) is 16.1 Å². The first kappa shape index (κ1) is 20.0. The summed E-state index contributed by atoms with van der Waals surface area (Å²) in [6, 6.07) is 17.3. The Morgan fingerprint density at radius 1 is 1.00 bits per heavy atom. The number of hydrogen-bond acceptors (Lipinski definition) is 3. The van der Waals surface area contributed by atoms with Crippen LogP contribution in [0.15, 0.2) is 54.6 Å². The molecule has 140 valence electrons. The minimum Gasteiger partial charge on any atom is -0.461 e. The molecular formula is C23H30O3. The van der Waals surface area contributed by atoms with Crippen LogP contribution in [0.2, 0.25) is 0 Å². The van der Waals surface area contributed by atoms with Gasteiger partial charge in [-0.25, -0.2) is 0 Å². The molecule has 0 aliphatic carbocycles. The van der Waals surface area contributed by atoms with Gasteiger partial charge in [0.15, 0.2) is 0 Å². The highest BCUT2D eigenvalue weighted by Gasteiger charge is 2.31. The third kappa shape index (κ3) is 6.21. The van der Waals surface area contributed by atoms with Crippen LogP contribution in [0.5, 0.6) is 11.5 Å². The fourth-order valence-corrected chi connectivity index (χ4v) is 2.89. The second kappa shape index (κ2) is 9.42. The molecule has 0 radical (unpaired) electrons. The van der Waals surface area contributed by atoms with E-state index < -0.39 is 0 Å². The molecule has 2 aromatic rings. The van der Waals surface area contributed by atoms with Crippen LogP contribution in [0.25, 0.3) is 0 Å². The van der Waals surface area contributed by atoms with Gasteiger partial charge in [0.05, 0.1) is 5.92 Å². The quantitative estimate of drug-likeness (QED) is 0.516. The number of unbranched alkanes of at least 4 members (excludes halogenated alkanes) is 1. The molecule has 0 saturated heterocycles. The molecule has 0 aliphatic heterocycles. The van der Waals surface area contributed by atoms with Gasteiger partial charge in [0, 0.05) is 0 Å². The highest BCUT2D eigenvalue weighted by molar-refractivity contribution is 5.73. The van der Waals surface area contributed by atoms with E-state index in [1.54, 1.807) is 0 Å². The number of para-hydroxylation sites is 1. The number of carbonyl (C=O) groups is 1. The summed E-state index contributed by atoms with van der Waals surface area (Å²) in [4.78, 5) is 12.6. The van der Waals surface area contributed by atoms with Crippen LogP contribution in [0.3, 0.4) is 0 Å². The summed E-state index contributed by atoms with van der Waals surface area (Å²) in [6.07, 6.45) is 2.99. The Bertz CT molecular complexity index is 686. The molecule has 0 heterocycles. The van der Waals surface area contributed by atoms with Gasteiger partial charge in [0.1, 0.15) is 18.1 Å². The molecule has 0 fully saturated rings. The molecule has 0 N–H and O–H groups in total. The summed E-state index contributed by atoms with van der Waals surface area (Å²) >= 11 is 0. The van der Waals surface area contributed by atoms with Crippen LogP contribution in [0.4, 0.5) is 0 Å². The summed E-state index contributed by atoms with van der Waals surface area (Å²) in [6.45, 7) is 8.71. The zero-order valence-electron chi connectivity index (χ0n) is 16.3. The highest BCUT2D eigenvalue weighted by atomic mass is 16.5. The Kier molecular flexibility index (Phi) is 7.26. The third-order valence-corrected chi connectivity index (χ3v) is 4.43. The normalized spacial score (nSPS) is 12.5. The summed E-state index contributed by atoms with van der Waals surface area (Å²) in [5, 5.41) is 0. The molecule has 1 atom stereocenters. The number of ether oxygens (including phenoxy) is 2. The number of rotatable bonds is 8. The van der Waals surface area contributed by atoms with E-state index in [0.29, 0.717) is 0 Å². The Hall–Kier alpha value is -2.29. The van der Waals surface area contributed by atoms with E-state index in [1.165, 1.54) is 0 Å². The molecule has 0 bridgehead atoms. The van der Waals surface area contributed by atoms with Gasteiger partial charge in [-0.05, 0) is 41.7 Å². The van der Waals surface area contributed by atoms with E-state index in [9.17, 15) is 4.79 Å². The minimum atomic E-state index is -0.111. The van der Waals surface area contributed by atoms with E-state index in [2.05, 4.69) is 27.7 Å². The second-order valence-electron chi connectivity index (χ2n) is 7.73. The summed E-state index contributed by atoms with van der Waals surface area (Å²) in [7, 11) is 0. The molecule has 0 aliphatic rings. The Morgan fingerprint density at radius 2 is 1.69 bits per heavy atom. The lowest BCUT2D eigenvalue weighted by molar-refractivity contribution is -0.154. The zero-order valence-corrected chi connectivity index (χ0v) is 16.3. The maximum absolute atomic E-state index is 12.6. The molecule has 1 unspecified atom stereocenters. The van der Waals surface area contributed by atoms with Crippen molar-refractivity contribution >= 4 is 5.97 Å². The topological polar surface area (TPSA) is 35.5 Å². The van der Waals surface area contributed by atoms with Crippen molar-refractivity contribution in [2.75, 3.05) is 0 Å². The fourth-order valence-electron chi connectivity index (χ4n) is 2.89. The number of benzene rings is 2. The van der Waals surface area contributed by atoms with Crippen molar-refractivity contribution in [1.82, 2.24) is 0 Å². The van der Waals surface area contributed by atoms with Crippen LogP contribution < -0.4 is 4.74 Å². The second-order valence-corrected chi connectivity index (χ2v) is 7.73. The van der Waals surface area contributed by atoms with E-state index in [-0.39, 0.29) is 23.9 Å². The Labute approximate surface area is 157 Å². The minimum absolute atomic E-state index is 0.0776. The zero-order chi connectivity index (χ0) is 19.0. The van der Waals surface area contributed by atoms with Crippen LogP contribution in [0, 0.1) is 11.3 Å². The highest BCUT2D eigenvalue weighted by Crippen LogP contribution is 2.31. The van der Waals surface area contributed by atoms with Crippen LogP contribution >= 0.6 is 0 Å². The summed E-state index contributed by atoms with van der Waals surface area (Å²) < 4.78 is 11.5. The first-order valence-electron chi connectivity index (χ1n) is 9.38. The largest absolute Gasteiger partial charge is 0.461 e. The molecule has 3 heteroatoms. The fraction of sp³-hybridized carbons (Fsp3) is 0.435. The maximum Gasteiger partial charge on any atom is 0.309 e. The van der Waals surface area contributed by atoms with Crippen molar-refractivity contribution < 1.29 is 14.3 Å². The van der Waals surface area contributed by atoms with Gasteiger partial charge in [0.2, 0.25) is 0 Å². The van der Waals surface area contributed by atoms with Gasteiger partial charge in [-0.15, -0.1) is 0 Å². The Morgan fingerprint density at radius 3 is 2.35 bits per heavy atom. The Balaban J connectivity index is 1.97. The van der Waals surface area contributed by atoms with Gasteiger partial charge >= 0.3 is 5.97 Å². The maximum atomic E-state index is 12.6. The van der Waals surface area contributed by atoms with E-state index >= 15 is 0 Å². The van der Waals surface area contributed by atoms with Crippen molar-refractivity contribution in [3.05, 3.63) is 60.2 Å². The first-order valence-corrected chi connectivity index (χ1v) is 9.38. The van der Waals surface area contributed by atoms with Crippen LogP contribution in [-0.4, -0.2) is 5.97 Å². The van der Waals surface area contributed by atoms with Gasteiger partial charge in [-0.1, -0.05) is 70.9 Å². The molecule has 0 spiro atoms. The number of esters is 1. The van der Waals surface area contributed by atoms with Crippen molar-refractivity contribution in [3.63, 3.8) is 0 Å². The van der Waals surface area contributed by atoms with Gasteiger partial charge in [0.25, 0.3) is 0 Å². The molecule has 0 aromatic heterocycles. The predicted octanol–water partition coefficient (Wildman–Crippen LogP) is 6.37. The van der Waals surface area contributed by atoms with Gasteiger partial charge in [-0.3, -0.25) is 4.79 Å². The molecule has 2 aromatic carbocycles. The lowest BCUT2D eigenvalue weighted by atomic mass is 9.78. The average Bonchev–Trinajstić information content (AvgIpc) is 2.60. The monoisotopic (exact) mass is 354 g/mol. The van der Waals surface area contributed by atoms with Crippen molar-refractivity contribution in [2.45, 2.75) is 53.6 Å². The standard InChI is InChI=1S/C23H30O3/c1-5-6-15-21(23(2,3)4)22(24)25-17-18-11-10-14-20(16-18)26-19-12-8-7-9-13-19/h7-14,16,21H,5-6,15,17H2,1-4H3. The lowest BCUT2D eigenvalue weighted by Gasteiger charge is -2.28. The average molecular weight is 354 g/mol. The molecule has 26 heavy (non-hydrogen) atoms. The van der Waals surface area contributed by atoms with Gasteiger partial charge < -0.3 is 9.47 Å². The molecule has 2 rings (SSSR count). The lowest BCUT2D eigenvalue weighted by Crippen LogP contribution is -2.30. The third-order valence-electron chi connectivity index (χ3n) is 4.43. The van der Waals surface area contributed by atoms with Crippen molar-refractivity contribution in [2.24, 2.45) is 11.3 Å². The molecule has 3 nitrogen and oxygen atoms in total. The van der Waals surface area contributed by atoms with E-state index in [0.717, 1.165) is 36.3 Å². The van der Waals surface area contributed by atoms with Gasteiger partial charge in [-0.2, -0.15) is 0 Å². The van der Waals surface area contributed by atoms with E-state index in [4.69, 9.17) is 9.47 Å². The number of hydrogen-bond donors (Lipinski definition) is 0. The van der Waals surface area contributed by atoms with Crippen molar-refractivity contribution in [3.8, 4) is 11.5 Å². The number of carbonyl (C=O) groups excluding carboxylic acids is 1. The molecular weight excluding hydrogens is 324 g/mol. The smallest absolute Gasteiger partial charge is 0.309 e. The first-order chi connectivity index (χ1) is 12.4. The molecule has 0 saturated carbocycles.